The first-order chi connectivity index (χ1) is 12.8. The molecule has 2 rings (SSSR count). The maximum atomic E-state index is 7.36. The molecule has 2 heterocycles. The highest BCUT2D eigenvalue weighted by atomic mass is 79.9. The third kappa shape index (κ3) is 6.48. The lowest BCUT2D eigenvalue weighted by Crippen LogP contribution is -2.38. The number of hydrogen-bond acceptors (Lipinski definition) is 8. The third-order valence-electron chi connectivity index (χ3n) is 4.84. The van der Waals surface area contributed by atoms with Gasteiger partial charge in [0, 0.05) is 23.8 Å². The van der Waals surface area contributed by atoms with Crippen LogP contribution in [0.4, 0.5) is 6.01 Å². The molecule has 3 atom stereocenters. The van der Waals surface area contributed by atoms with Gasteiger partial charge in [-0.1, -0.05) is 41.9 Å². The van der Waals surface area contributed by atoms with E-state index in [1.54, 1.807) is 0 Å². The number of thioether (sulfide) groups is 1. The molecule has 1 saturated heterocycles. The number of nitrogens with zero attached hydrogens (tertiary/aromatic N) is 4. The van der Waals surface area contributed by atoms with E-state index in [-0.39, 0.29) is 22.9 Å². The van der Waals surface area contributed by atoms with Crippen LogP contribution in [0, 0.1) is 11.3 Å². The van der Waals surface area contributed by atoms with Crippen LogP contribution in [0.3, 0.4) is 0 Å². The van der Waals surface area contributed by atoms with Crippen LogP contribution in [0.15, 0.2) is 9.52 Å². The number of halogens is 1. The summed E-state index contributed by atoms with van der Waals surface area (Å²) < 4.78 is 11.5. The molecular weight excluding hydrogens is 430 g/mol. The van der Waals surface area contributed by atoms with Gasteiger partial charge in [-0.25, -0.2) is 4.99 Å². The van der Waals surface area contributed by atoms with Crippen LogP contribution >= 0.6 is 27.7 Å². The van der Waals surface area contributed by atoms with E-state index < -0.39 is 0 Å². The number of rotatable bonds is 7. The average Bonchev–Trinajstić information content (AvgIpc) is 3.12. The second kappa shape index (κ2) is 10.5. The van der Waals surface area contributed by atoms with E-state index in [0.717, 1.165) is 31.8 Å². The van der Waals surface area contributed by atoms with Crippen molar-refractivity contribution >= 4 is 44.5 Å². The number of anilines is 1. The minimum Gasteiger partial charge on any atom is -0.469 e. The topological polar surface area (TPSA) is 87.6 Å². The first-order valence-corrected chi connectivity index (χ1v) is 11.2. The Bertz CT molecular complexity index is 629. The molecule has 0 aliphatic carbocycles. The van der Waals surface area contributed by atoms with E-state index >= 15 is 0 Å². The van der Waals surface area contributed by atoms with Gasteiger partial charge in [-0.3, -0.25) is 0 Å². The summed E-state index contributed by atoms with van der Waals surface area (Å²) in [6.07, 6.45) is 2.03. The molecule has 1 N–H and O–H groups in total. The van der Waals surface area contributed by atoms with Crippen molar-refractivity contribution in [2.24, 2.45) is 10.9 Å². The molecule has 1 aliphatic rings. The Balaban J connectivity index is 1.90. The van der Waals surface area contributed by atoms with Gasteiger partial charge in [-0.2, -0.15) is 4.98 Å². The molecule has 0 saturated carbocycles. The predicted molar refractivity (Wildman–Crippen MR) is 116 cm³/mol. The number of alkyl halides is 1. The van der Waals surface area contributed by atoms with E-state index in [2.05, 4.69) is 63.7 Å². The standard InChI is InChI=1S/C18H30BrN5O2S/c1-11(2)16-22-17(26-23-16)24-8-6-15(7-9-24)14(5)25-18(27-10-20)21-13(4)12(3)19/h10-15,20H,6-9H2,1-5H3/b20-10?,21-18-/t12?,13-,14-/m0/s1. The number of aliphatic imine (C=N–C) groups is 1. The minimum atomic E-state index is 0.0464. The van der Waals surface area contributed by atoms with E-state index in [0.29, 0.717) is 17.2 Å². The Morgan fingerprint density at radius 2 is 2.00 bits per heavy atom. The highest BCUT2D eigenvalue weighted by Gasteiger charge is 2.28. The summed E-state index contributed by atoms with van der Waals surface area (Å²) >= 11 is 4.77. The molecule has 1 unspecified atom stereocenters. The van der Waals surface area contributed by atoms with Crippen LogP contribution in [-0.4, -0.2) is 51.0 Å². The Hall–Kier alpha value is -1.09. The minimum absolute atomic E-state index is 0.0464. The molecule has 0 spiro atoms. The van der Waals surface area contributed by atoms with Gasteiger partial charge in [0.05, 0.1) is 11.6 Å². The van der Waals surface area contributed by atoms with Crippen molar-refractivity contribution in [3.8, 4) is 0 Å². The van der Waals surface area contributed by atoms with Crippen molar-refractivity contribution in [2.75, 3.05) is 18.0 Å². The maximum Gasteiger partial charge on any atom is 0.324 e. The largest absolute Gasteiger partial charge is 0.469 e. The van der Waals surface area contributed by atoms with Gasteiger partial charge < -0.3 is 19.6 Å². The lowest BCUT2D eigenvalue weighted by molar-refractivity contribution is 0.125. The Kier molecular flexibility index (Phi) is 8.60. The summed E-state index contributed by atoms with van der Waals surface area (Å²) in [5.74, 6) is 1.45. The van der Waals surface area contributed by atoms with Gasteiger partial charge in [0.15, 0.2) is 5.82 Å². The molecule has 1 aromatic heterocycles. The summed E-state index contributed by atoms with van der Waals surface area (Å²) in [4.78, 5) is 11.5. The summed E-state index contributed by atoms with van der Waals surface area (Å²) in [6.45, 7) is 12.0. The smallest absolute Gasteiger partial charge is 0.324 e. The number of hydrogen-bond donors (Lipinski definition) is 1. The Morgan fingerprint density at radius 3 is 2.52 bits per heavy atom. The van der Waals surface area contributed by atoms with E-state index in [9.17, 15) is 0 Å². The van der Waals surface area contributed by atoms with Gasteiger partial charge >= 0.3 is 6.01 Å². The predicted octanol–water partition coefficient (Wildman–Crippen LogP) is 4.68. The molecule has 7 nitrogen and oxygen atoms in total. The number of ether oxygens (including phenoxy) is 1. The second-order valence-electron chi connectivity index (χ2n) is 7.29. The van der Waals surface area contributed by atoms with E-state index in [4.69, 9.17) is 14.7 Å². The van der Waals surface area contributed by atoms with Crippen molar-refractivity contribution in [2.45, 2.75) is 70.4 Å². The lowest BCUT2D eigenvalue weighted by Gasteiger charge is -2.33. The molecule has 1 fully saturated rings. The quantitative estimate of drug-likeness (QED) is 0.361. The first-order valence-electron chi connectivity index (χ1n) is 9.44. The molecule has 0 aromatic carbocycles. The van der Waals surface area contributed by atoms with Crippen molar-refractivity contribution < 1.29 is 9.26 Å². The normalized spacial score (nSPS) is 19.8. The Morgan fingerprint density at radius 1 is 1.33 bits per heavy atom. The zero-order valence-corrected chi connectivity index (χ0v) is 19.1. The highest BCUT2D eigenvalue weighted by molar-refractivity contribution is 9.09. The fraction of sp³-hybridized carbons (Fsp3) is 0.778. The van der Waals surface area contributed by atoms with Crippen LogP contribution < -0.4 is 4.90 Å². The van der Waals surface area contributed by atoms with Gasteiger partial charge in [-0.15, -0.1) is 0 Å². The summed E-state index contributed by atoms with van der Waals surface area (Å²) in [5.41, 5.74) is 1.27. The molecule has 1 aliphatic heterocycles. The maximum absolute atomic E-state index is 7.36. The number of aromatic nitrogens is 2. The van der Waals surface area contributed by atoms with Gasteiger partial charge in [-0.05, 0) is 44.4 Å². The van der Waals surface area contributed by atoms with Crippen molar-refractivity contribution in [3.63, 3.8) is 0 Å². The number of piperidine rings is 1. The average molecular weight is 460 g/mol. The monoisotopic (exact) mass is 459 g/mol. The first kappa shape index (κ1) is 22.2. The van der Waals surface area contributed by atoms with Gasteiger partial charge in [0.25, 0.3) is 5.23 Å². The SMILES string of the molecule is CC(C)c1noc(N2CCC([C@H](C)O/C(=N/[C@@H](C)C(C)Br)SC=N)CC2)n1. The molecule has 0 radical (unpaired) electrons. The summed E-state index contributed by atoms with van der Waals surface area (Å²) in [5, 5.41) is 12.0. The third-order valence-corrected chi connectivity index (χ3v) is 6.13. The van der Waals surface area contributed by atoms with Crippen LogP contribution in [0.5, 0.6) is 0 Å². The highest BCUT2D eigenvalue weighted by Crippen LogP contribution is 2.27. The van der Waals surface area contributed by atoms with Crippen molar-refractivity contribution in [3.05, 3.63) is 5.82 Å². The zero-order chi connectivity index (χ0) is 20.0. The van der Waals surface area contributed by atoms with Crippen molar-refractivity contribution in [1.82, 2.24) is 10.1 Å². The van der Waals surface area contributed by atoms with Crippen LogP contribution in [0.2, 0.25) is 0 Å². The molecule has 0 bridgehead atoms. The van der Waals surface area contributed by atoms with Crippen LogP contribution in [-0.2, 0) is 4.74 Å². The van der Waals surface area contributed by atoms with Crippen LogP contribution in [0.25, 0.3) is 0 Å². The van der Waals surface area contributed by atoms with Crippen LogP contribution in [0.1, 0.15) is 59.2 Å². The second-order valence-corrected chi connectivity index (χ2v) is 9.55. The zero-order valence-electron chi connectivity index (χ0n) is 16.7. The number of nitrogens with one attached hydrogen (secondary N) is 1. The molecule has 27 heavy (non-hydrogen) atoms. The molecular formula is C18H30BrN5O2S. The molecule has 1 aromatic rings. The summed E-state index contributed by atoms with van der Waals surface area (Å²) in [6, 6.07) is 0.710. The van der Waals surface area contributed by atoms with Gasteiger partial charge in [0.1, 0.15) is 6.10 Å². The fourth-order valence-corrected chi connectivity index (χ4v) is 3.47. The summed E-state index contributed by atoms with van der Waals surface area (Å²) in [7, 11) is 0. The fourth-order valence-electron chi connectivity index (χ4n) is 2.81. The van der Waals surface area contributed by atoms with E-state index in [1.807, 2.05) is 6.92 Å². The van der Waals surface area contributed by atoms with Gasteiger partial charge in [0.2, 0.25) is 0 Å². The van der Waals surface area contributed by atoms with Crippen molar-refractivity contribution in [1.29, 1.82) is 5.41 Å². The van der Waals surface area contributed by atoms with E-state index in [1.165, 1.54) is 17.3 Å². The molecule has 152 valence electrons. The molecule has 9 heteroatoms. The Labute approximate surface area is 174 Å². The molecule has 0 amide bonds. The lowest BCUT2D eigenvalue weighted by atomic mass is 9.92.